The molecule has 0 aromatic heterocycles. The second kappa shape index (κ2) is 5.20. The molecule has 0 radical (unpaired) electrons. The van der Waals surface area contributed by atoms with Crippen molar-refractivity contribution in [2.75, 3.05) is 0 Å². The molecule has 1 nitrogen and oxygen atoms in total. The highest BCUT2D eigenvalue weighted by Crippen LogP contribution is 2.17. The molecular weight excluding hydrogens is 182 g/mol. The molecule has 0 saturated heterocycles. The van der Waals surface area contributed by atoms with Gasteiger partial charge >= 0.3 is 0 Å². The molecule has 2 N–H and O–H groups in total. The molecule has 0 atom stereocenters. The second-order valence-corrected chi connectivity index (χ2v) is 3.60. The highest BCUT2D eigenvalue weighted by molar-refractivity contribution is 5.67. The van der Waals surface area contributed by atoms with Crippen LogP contribution < -0.4 is 5.73 Å². The zero-order chi connectivity index (χ0) is 11.3. The first-order valence-corrected chi connectivity index (χ1v) is 4.96. The Morgan fingerprint density at radius 1 is 1.33 bits per heavy atom. The average Bonchev–Trinajstić information content (AvgIpc) is 2.17. The second-order valence-electron chi connectivity index (χ2n) is 3.60. The maximum absolute atomic E-state index is 5.44. The SMILES string of the molecule is C=C(N)/C=C\C=C(/C)c1ccccc1C. The van der Waals surface area contributed by atoms with Crippen molar-refractivity contribution in [1.29, 1.82) is 0 Å². The maximum atomic E-state index is 5.44. The Labute approximate surface area is 91.6 Å². The van der Waals surface area contributed by atoms with E-state index in [0.29, 0.717) is 5.70 Å². The summed E-state index contributed by atoms with van der Waals surface area (Å²) in [4.78, 5) is 0. The molecule has 0 saturated carbocycles. The van der Waals surface area contributed by atoms with Crippen molar-refractivity contribution in [3.63, 3.8) is 0 Å². The van der Waals surface area contributed by atoms with E-state index in [1.165, 1.54) is 16.7 Å². The molecule has 0 fully saturated rings. The lowest BCUT2D eigenvalue weighted by Crippen LogP contribution is -1.88. The van der Waals surface area contributed by atoms with E-state index >= 15 is 0 Å². The van der Waals surface area contributed by atoms with E-state index < -0.39 is 0 Å². The fourth-order valence-corrected chi connectivity index (χ4v) is 1.42. The first kappa shape index (κ1) is 11.3. The van der Waals surface area contributed by atoms with E-state index in [2.05, 4.69) is 32.6 Å². The van der Waals surface area contributed by atoms with Gasteiger partial charge in [-0.1, -0.05) is 43.0 Å². The van der Waals surface area contributed by atoms with Crippen LogP contribution in [-0.2, 0) is 0 Å². The molecule has 0 unspecified atom stereocenters. The van der Waals surface area contributed by atoms with Gasteiger partial charge in [-0.2, -0.15) is 0 Å². The molecule has 0 aliphatic carbocycles. The molecule has 0 heterocycles. The first-order valence-electron chi connectivity index (χ1n) is 4.96. The number of hydrogen-bond acceptors (Lipinski definition) is 1. The van der Waals surface area contributed by atoms with Gasteiger partial charge in [-0.15, -0.1) is 0 Å². The number of hydrogen-bond donors (Lipinski definition) is 1. The van der Waals surface area contributed by atoms with Gasteiger partial charge in [-0.25, -0.2) is 0 Å². The molecule has 0 aliphatic rings. The van der Waals surface area contributed by atoms with Crippen LogP contribution in [0.1, 0.15) is 18.1 Å². The van der Waals surface area contributed by atoms with Crippen LogP contribution in [0.4, 0.5) is 0 Å². The molecule has 0 spiro atoms. The molecule has 0 amide bonds. The zero-order valence-corrected chi connectivity index (χ0v) is 9.33. The monoisotopic (exact) mass is 199 g/mol. The molecule has 15 heavy (non-hydrogen) atoms. The van der Waals surface area contributed by atoms with Crippen LogP contribution in [0.5, 0.6) is 0 Å². The number of allylic oxidation sites excluding steroid dienone is 4. The summed E-state index contributed by atoms with van der Waals surface area (Å²) in [6.45, 7) is 7.80. The van der Waals surface area contributed by atoms with Crippen LogP contribution in [0, 0.1) is 6.92 Å². The lowest BCUT2D eigenvalue weighted by atomic mass is 10.0. The minimum atomic E-state index is 0.573. The third-order valence-electron chi connectivity index (χ3n) is 2.23. The van der Waals surface area contributed by atoms with E-state index in [0.717, 1.165) is 0 Å². The molecular formula is C14H17N. The molecule has 1 aromatic carbocycles. The van der Waals surface area contributed by atoms with Crippen LogP contribution >= 0.6 is 0 Å². The van der Waals surface area contributed by atoms with E-state index in [9.17, 15) is 0 Å². The van der Waals surface area contributed by atoms with Gasteiger partial charge in [0.25, 0.3) is 0 Å². The first-order chi connectivity index (χ1) is 7.11. The van der Waals surface area contributed by atoms with Crippen LogP contribution in [-0.4, -0.2) is 0 Å². The minimum absolute atomic E-state index is 0.573. The average molecular weight is 199 g/mol. The van der Waals surface area contributed by atoms with Gasteiger partial charge in [-0.05, 0) is 36.6 Å². The van der Waals surface area contributed by atoms with Crippen molar-refractivity contribution in [2.24, 2.45) is 5.73 Å². The zero-order valence-electron chi connectivity index (χ0n) is 9.33. The Balaban J connectivity index is 2.90. The van der Waals surface area contributed by atoms with E-state index in [-0.39, 0.29) is 0 Å². The number of nitrogens with two attached hydrogens (primary N) is 1. The summed E-state index contributed by atoms with van der Waals surface area (Å²) in [5, 5.41) is 0. The highest BCUT2D eigenvalue weighted by atomic mass is 14.5. The van der Waals surface area contributed by atoms with Crippen molar-refractivity contribution >= 4 is 5.57 Å². The quantitative estimate of drug-likeness (QED) is 0.741. The maximum Gasteiger partial charge on any atom is 0.0240 e. The molecule has 78 valence electrons. The Morgan fingerprint density at radius 2 is 2.00 bits per heavy atom. The van der Waals surface area contributed by atoms with Crippen LogP contribution in [0.3, 0.4) is 0 Å². The standard InChI is InChI=1S/C14H17N/c1-11-7-4-5-10-14(11)12(2)8-6-9-13(3)15/h4-10H,3,15H2,1-2H3/b9-6-,12-8+. The third kappa shape index (κ3) is 3.47. The summed E-state index contributed by atoms with van der Waals surface area (Å²) < 4.78 is 0. The lowest BCUT2D eigenvalue weighted by molar-refractivity contribution is 1.41. The summed E-state index contributed by atoms with van der Waals surface area (Å²) in [5.74, 6) is 0. The van der Waals surface area contributed by atoms with Crippen LogP contribution in [0.25, 0.3) is 5.57 Å². The Morgan fingerprint density at radius 3 is 2.60 bits per heavy atom. The van der Waals surface area contributed by atoms with Gasteiger partial charge in [0.2, 0.25) is 0 Å². The summed E-state index contributed by atoms with van der Waals surface area (Å²) in [6, 6.07) is 8.32. The Hall–Kier alpha value is -1.76. The number of benzene rings is 1. The van der Waals surface area contributed by atoms with Crippen LogP contribution in [0.2, 0.25) is 0 Å². The van der Waals surface area contributed by atoms with E-state index in [1.807, 2.05) is 24.3 Å². The smallest absolute Gasteiger partial charge is 0.0240 e. The van der Waals surface area contributed by atoms with Crippen molar-refractivity contribution in [1.82, 2.24) is 0 Å². The Bertz CT molecular complexity index is 411. The topological polar surface area (TPSA) is 26.0 Å². The van der Waals surface area contributed by atoms with Crippen molar-refractivity contribution in [2.45, 2.75) is 13.8 Å². The Kier molecular flexibility index (Phi) is 3.92. The summed E-state index contributed by atoms with van der Waals surface area (Å²) in [5.41, 5.74) is 9.79. The summed E-state index contributed by atoms with van der Waals surface area (Å²) >= 11 is 0. The van der Waals surface area contributed by atoms with Gasteiger partial charge in [0.05, 0.1) is 0 Å². The van der Waals surface area contributed by atoms with E-state index in [1.54, 1.807) is 6.08 Å². The minimum Gasteiger partial charge on any atom is -0.399 e. The highest BCUT2D eigenvalue weighted by Gasteiger charge is 1.96. The van der Waals surface area contributed by atoms with Crippen molar-refractivity contribution in [3.8, 4) is 0 Å². The summed E-state index contributed by atoms with van der Waals surface area (Å²) in [6.07, 6.45) is 5.76. The van der Waals surface area contributed by atoms with E-state index in [4.69, 9.17) is 5.73 Å². The lowest BCUT2D eigenvalue weighted by Gasteiger charge is -2.04. The fourth-order valence-electron chi connectivity index (χ4n) is 1.42. The fraction of sp³-hybridized carbons (Fsp3) is 0.143. The van der Waals surface area contributed by atoms with Gasteiger partial charge in [0.15, 0.2) is 0 Å². The molecule has 0 aliphatic heterocycles. The van der Waals surface area contributed by atoms with Gasteiger partial charge in [0, 0.05) is 5.70 Å². The van der Waals surface area contributed by atoms with Crippen LogP contribution in [0.15, 0.2) is 54.8 Å². The third-order valence-corrected chi connectivity index (χ3v) is 2.23. The van der Waals surface area contributed by atoms with Crippen molar-refractivity contribution < 1.29 is 0 Å². The van der Waals surface area contributed by atoms with Gasteiger partial charge < -0.3 is 5.73 Å². The van der Waals surface area contributed by atoms with Crippen molar-refractivity contribution in [3.05, 3.63) is 65.9 Å². The normalized spacial score (nSPS) is 12.0. The number of aryl methyl sites for hydroxylation is 1. The molecule has 1 heteroatoms. The number of rotatable bonds is 3. The predicted molar refractivity (Wildman–Crippen MR) is 67.3 cm³/mol. The largest absolute Gasteiger partial charge is 0.399 e. The summed E-state index contributed by atoms with van der Waals surface area (Å²) in [7, 11) is 0. The molecule has 1 rings (SSSR count). The molecule has 1 aromatic rings. The molecule has 0 bridgehead atoms. The van der Waals surface area contributed by atoms with Gasteiger partial charge in [-0.3, -0.25) is 0 Å². The predicted octanol–water partition coefficient (Wildman–Crippen LogP) is 3.43. The van der Waals surface area contributed by atoms with Gasteiger partial charge in [0.1, 0.15) is 0 Å².